The van der Waals surface area contributed by atoms with Crippen molar-refractivity contribution in [3.05, 3.63) is 0 Å². The van der Waals surface area contributed by atoms with E-state index in [1.54, 1.807) is 0 Å². The fourth-order valence-electron chi connectivity index (χ4n) is 2.67. The highest BCUT2D eigenvalue weighted by atomic mass is 32.2. The van der Waals surface area contributed by atoms with Crippen LogP contribution in [0.15, 0.2) is 0 Å². The molecule has 9 heteroatoms. The van der Waals surface area contributed by atoms with E-state index in [9.17, 15) is 8.42 Å². The molecule has 0 aromatic rings. The highest BCUT2D eigenvalue weighted by Crippen LogP contribution is 2.26. The fraction of sp³-hybridized carbons (Fsp3) is 1.00. The molecule has 0 aromatic carbocycles. The van der Waals surface area contributed by atoms with Crippen molar-refractivity contribution in [1.29, 1.82) is 0 Å². The van der Waals surface area contributed by atoms with Crippen molar-refractivity contribution in [3.8, 4) is 0 Å². The minimum atomic E-state index is -3.92. The van der Waals surface area contributed by atoms with Crippen molar-refractivity contribution < 1.29 is 32.1 Å². The molecule has 0 heterocycles. The zero-order valence-corrected chi connectivity index (χ0v) is 15.6. The van der Waals surface area contributed by atoms with Crippen molar-refractivity contribution >= 4 is 20.2 Å². The van der Waals surface area contributed by atoms with Crippen LogP contribution in [0, 0.1) is 0 Å². The molecule has 1 N–H and O–H groups in total. The van der Waals surface area contributed by atoms with Crippen molar-refractivity contribution in [2.45, 2.75) is 76.4 Å². The molecule has 23 heavy (non-hydrogen) atoms. The lowest BCUT2D eigenvalue weighted by atomic mass is 9.95. The first-order chi connectivity index (χ1) is 10.4. The highest BCUT2D eigenvalue weighted by Gasteiger charge is 2.20. The molecule has 2 aliphatic rings. The molecule has 2 saturated carbocycles. The molecule has 7 nitrogen and oxygen atoms in total. The van der Waals surface area contributed by atoms with Gasteiger partial charge in [-0.15, -0.1) is 0 Å². The maximum atomic E-state index is 9.19. The summed E-state index contributed by atoms with van der Waals surface area (Å²) in [5.41, 5.74) is 0. The Labute approximate surface area is 141 Å². The van der Waals surface area contributed by atoms with E-state index in [0.29, 0.717) is 24.7 Å². The molecule has 0 aliphatic heterocycles. The standard InChI is InChI=1S/C12H22O.2CH4O3S.H2/c1-3-7-11(8-4-1)13-12-9-5-2-6-10-12;2*1-5(2,3)4;/h11-12H,1-10H2;2*1H3,(H,2,3,4);1H/p-1/i;;;1+1. The van der Waals surface area contributed by atoms with Crippen molar-refractivity contribution in [1.82, 2.24) is 0 Å². The first-order valence-corrected chi connectivity index (χ1v) is 11.6. The van der Waals surface area contributed by atoms with Gasteiger partial charge in [-0.1, -0.05) is 38.5 Å². The van der Waals surface area contributed by atoms with E-state index < -0.39 is 20.2 Å². The molecule has 2 fully saturated rings. The molecule has 0 unspecified atom stereocenters. The minimum absolute atomic E-state index is 0. The fourth-order valence-corrected chi connectivity index (χ4v) is 2.67. The van der Waals surface area contributed by atoms with Gasteiger partial charge >= 0.3 is 0 Å². The third-order valence-corrected chi connectivity index (χ3v) is 3.49. The average Bonchev–Trinajstić information content (AvgIpc) is 2.37. The summed E-state index contributed by atoms with van der Waals surface area (Å²) in [7, 11) is -7.58. The second-order valence-electron chi connectivity index (χ2n) is 6.09. The van der Waals surface area contributed by atoms with Gasteiger partial charge in [-0.2, -0.15) is 8.42 Å². The van der Waals surface area contributed by atoms with Crippen LogP contribution < -0.4 is 0 Å². The summed E-state index contributed by atoms with van der Waals surface area (Å²) in [5, 5.41) is 0. The van der Waals surface area contributed by atoms with Gasteiger partial charge in [-0.25, -0.2) is 8.42 Å². The molecule has 0 spiro atoms. The molecule has 0 bridgehead atoms. The predicted octanol–water partition coefficient (Wildman–Crippen LogP) is 2.58. The lowest BCUT2D eigenvalue weighted by Crippen LogP contribution is -2.25. The summed E-state index contributed by atoms with van der Waals surface area (Å²) < 4.78 is 59.2. The van der Waals surface area contributed by atoms with Crippen LogP contribution in [-0.4, -0.2) is 50.7 Å². The van der Waals surface area contributed by atoms with Crippen LogP contribution in [0.1, 0.15) is 65.6 Å². The summed E-state index contributed by atoms with van der Waals surface area (Å²) >= 11 is 0. The molecule has 2 aliphatic carbocycles. The van der Waals surface area contributed by atoms with Gasteiger partial charge in [0.25, 0.3) is 10.1 Å². The number of hydrogen-bond donors (Lipinski definition) is 1. The lowest BCUT2D eigenvalue weighted by molar-refractivity contribution is -0.0450. The van der Waals surface area contributed by atoms with Gasteiger partial charge in [0, 0.05) is 7.68 Å². The Morgan fingerprint density at radius 2 is 1.04 bits per heavy atom. The second kappa shape index (κ2) is 11.4. The van der Waals surface area contributed by atoms with Crippen LogP contribution in [0.5, 0.6) is 0 Å². The normalized spacial score (nSPS) is 20.7. The van der Waals surface area contributed by atoms with E-state index in [1.807, 2.05) is 0 Å². The van der Waals surface area contributed by atoms with Gasteiger partial charge in [-0.05, 0) is 25.7 Å². The summed E-state index contributed by atoms with van der Waals surface area (Å²) in [4.78, 5) is 0. The number of ether oxygens (including phenoxy) is 1. The average molecular weight is 377 g/mol. The maximum Gasteiger partial charge on any atom is 0.261 e. The predicted molar refractivity (Wildman–Crippen MR) is 90.0 cm³/mol. The minimum Gasteiger partial charge on any atom is -0.748 e. The first-order valence-electron chi connectivity index (χ1n) is 7.94. The molecule has 2 rings (SSSR count). The maximum absolute atomic E-state index is 9.19. The third kappa shape index (κ3) is 21.8. The van der Waals surface area contributed by atoms with Crippen molar-refractivity contribution in [3.63, 3.8) is 0 Å². The van der Waals surface area contributed by atoms with E-state index in [4.69, 9.17) is 22.3 Å². The Kier molecular flexibility index (Phi) is 11.2. The largest absolute Gasteiger partial charge is 0.748 e. The smallest absolute Gasteiger partial charge is 0.261 e. The Morgan fingerprint density at radius 3 is 1.26 bits per heavy atom. The molecule has 0 atom stereocenters. The van der Waals surface area contributed by atoms with E-state index in [0.717, 1.165) is 0 Å². The highest BCUT2D eigenvalue weighted by molar-refractivity contribution is 7.85. The molecule has 0 amide bonds. The van der Waals surface area contributed by atoms with Gasteiger partial charge in [0.05, 0.1) is 28.6 Å². The zero-order chi connectivity index (χ0) is 17.9. The van der Waals surface area contributed by atoms with Gasteiger partial charge in [0.2, 0.25) is 0 Å². The summed E-state index contributed by atoms with van der Waals surface area (Å²) in [6.07, 6.45) is 16.4. The molecular weight excluding hydrogens is 344 g/mol. The van der Waals surface area contributed by atoms with Crippen molar-refractivity contribution in [2.24, 2.45) is 0 Å². The van der Waals surface area contributed by atoms with Gasteiger partial charge in [0.1, 0.15) is 0 Å². The number of rotatable bonds is 2. The monoisotopic (exact) mass is 376 g/mol. The summed E-state index contributed by atoms with van der Waals surface area (Å²) in [5.74, 6) is 0. The SMILES string of the molecule is C1CCC(OC2CCCCC2)CC1.CS(=O)(=O)O.CS(=O)(=O)[O-].[2HH]. The van der Waals surface area contributed by atoms with Crippen LogP contribution in [0.4, 0.5) is 0 Å². The molecule has 142 valence electrons. The Bertz CT molecular complexity index is 431. The van der Waals surface area contributed by atoms with Crippen LogP contribution in [0.25, 0.3) is 0 Å². The Hall–Kier alpha value is -0.220. The van der Waals surface area contributed by atoms with Crippen LogP contribution in [-0.2, 0) is 25.0 Å². The zero-order valence-electron chi connectivity index (χ0n) is 13.9. The van der Waals surface area contributed by atoms with Gasteiger partial charge in [0.15, 0.2) is 0 Å². The Balaban J connectivity index is 0. The quantitative estimate of drug-likeness (QED) is 0.735. The topological polar surface area (TPSA) is 121 Å². The molecule has 0 aromatic heterocycles. The van der Waals surface area contributed by atoms with Crippen molar-refractivity contribution in [2.75, 3.05) is 12.5 Å². The molecular formula is C14H31O7S2-. The molecule has 0 radical (unpaired) electrons. The van der Waals surface area contributed by atoms with Crippen LogP contribution >= 0.6 is 0 Å². The third-order valence-electron chi connectivity index (χ3n) is 3.49. The second-order valence-corrected chi connectivity index (χ2v) is 8.97. The van der Waals surface area contributed by atoms with Crippen LogP contribution in [0.3, 0.4) is 0 Å². The Morgan fingerprint density at radius 1 is 0.826 bits per heavy atom. The lowest BCUT2D eigenvalue weighted by Gasteiger charge is -2.29. The first kappa shape index (κ1) is 22.8. The molecule has 0 saturated heterocycles. The van der Waals surface area contributed by atoms with E-state index in [2.05, 4.69) is 0 Å². The van der Waals surface area contributed by atoms with Gasteiger partial charge < -0.3 is 9.29 Å². The van der Waals surface area contributed by atoms with E-state index in [1.165, 1.54) is 64.2 Å². The van der Waals surface area contributed by atoms with E-state index >= 15 is 0 Å². The summed E-state index contributed by atoms with van der Waals surface area (Å²) in [6, 6.07) is 0. The summed E-state index contributed by atoms with van der Waals surface area (Å²) in [6.45, 7) is 0. The van der Waals surface area contributed by atoms with Gasteiger partial charge in [-0.3, -0.25) is 4.55 Å². The van der Waals surface area contributed by atoms with E-state index in [-0.39, 0.29) is 1.43 Å². The number of hydrogen-bond acceptors (Lipinski definition) is 6. The van der Waals surface area contributed by atoms with Crippen LogP contribution in [0.2, 0.25) is 0 Å².